The van der Waals surface area contributed by atoms with Gasteiger partial charge < -0.3 is 9.84 Å². The van der Waals surface area contributed by atoms with Crippen molar-refractivity contribution in [2.75, 3.05) is 13.7 Å². The maximum atomic E-state index is 13.3. The van der Waals surface area contributed by atoms with Crippen molar-refractivity contribution in [1.29, 1.82) is 0 Å². The number of Topliss-reactive ketones (excluding diaryl/α,β-unsaturated/α-hetero) is 1. The van der Waals surface area contributed by atoms with Gasteiger partial charge in [0.1, 0.15) is 0 Å². The van der Waals surface area contributed by atoms with E-state index in [-0.39, 0.29) is 41.3 Å². The first-order valence-corrected chi connectivity index (χ1v) is 12.1. The van der Waals surface area contributed by atoms with E-state index in [9.17, 15) is 24.3 Å². The molecule has 34 heavy (non-hydrogen) atoms. The molecule has 1 N–H and O–H groups in total. The zero-order valence-electron chi connectivity index (χ0n) is 19.1. The van der Waals surface area contributed by atoms with E-state index in [1.807, 2.05) is 6.08 Å². The molecule has 1 aromatic carbocycles. The molecule has 0 unspecified atom stereocenters. The van der Waals surface area contributed by atoms with Gasteiger partial charge >= 0.3 is 0 Å². The number of benzene rings is 1. The highest BCUT2D eigenvalue weighted by Gasteiger charge is 2.56. The van der Waals surface area contributed by atoms with Crippen molar-refractivity contribution in [2.24, 2.45) is 17.8 Å². The van der Waals surface area contributed by atoms with Crippen LogP contribution in [0.15, 0.2) is 51.0 Å². The van der Waals surface area contributed by atoms with Crippen LogP contribution in [0.2, 0.25) is 0 Å². The number of ketones is 2. The van der Waals surface area contributed by atoms with Crippen LogP contribution in [0.1, 0.15) is 38.2 Å². The average molecular weight is 526 g/mol. The number of carbonyl (C=O) groups excluding carboxylic acids is 4. The molecule has 0 spiro atoms. The summed E-state index contributed by atoms with van der Waals surface area (Å²) in [5.41, 5.74) is 2.26. The highest BCUT2D eigenvalue weighted by molar-refractivity contribution is 9.10. The molecular formula is C26H24BrNO6. The fourth-order valence-electron chi connectivity index (χ4n) is 6.08. The van der Waals surface area contributed by atoms with Crippen molar-refractivity contribution >= 4 is 39.3 Å². The number of hydrogen-bond acceptors (Lipinski definition) is 6. The van der Waals surface area contributed by atoms with E-state index >= 15 is 0 Å². The molecule has 0 radical (unpaired) electrons. The maximum absolute atomic E-state index is 13.3. The van der Waals surface area contributed by atoms with Gasteiger partial charge in [0.05, 0.1) is 18.9 Å². The Morgan fingerprint density at radius 2 is 1.88 bits per heavy atom. The summed E-state index contributed by atoms with van der Waals surface area (Å²) in [5.74, 6) is -3.01. The standard InChI is InChI=1S/C26H24BrNO6/c1-4-28-25(32)14-6-5-13-15(21(14)26(28)33)10-17-22(18(29)7-11(2)23(17)30)20(13)16-8-12(27)9-19(34-3)24(16)31/h5,7-9,14-15,20-21,31H,4,6,10H2,1-3H3/t14-,15+,20+,21-/m0/s1. The van der Waals surface area contributed by atoms with E-state index in [2.05, 4.69) is 15.9 Å². The first-order valence-electron chi connectivity index (χ1n) is 11.3. The summed E-state index contributed by atoms with van der Waals surface area (Å²) >= 11 is 3.45. The van der Waals surface area contributed by atoms with Crippen molar-refractivity contribution in [1.82, 2.24) is 4.90 Å². The van der Waals surface area contributed by atoms with Crippen LogP contribution in [0, 0.1) is 17.8 Å². The second-order valence-electron chi connectivity index (χ2n) is 9.20. The van der Waals surface area contributed by atoms with Gasteiger partial charge in [-0.15, -0.1) is 0 Å². The number of likely N-dealkylation sites (tertiary alicyclic amines) is 1. The Morgan fingerprint density at radius 3 is 2.56 bits per heavy atom. The number of halogens is 1. The minimum Gasteiger partial charge on any atom is -0.504 e. The number of carbonyl (C=O) groups is 4. The fourth-order valence-corrected chi connectivity index (χ4v) is 6.54. The van der Waals surface area contributed by atoms with Gasteiger partial charge in [-0.3, -0.25) is 24.1 Å². The molecule has 4 aliphatic rings. The lowest BCUT2D eigenvalue weighted by Crippen LogP contribution is -2.39. The molecule has 0 saturated carbocycles. The lowest BCUT2D eigenvalue weighted by Gasteiger charge is -2.42. The number of fused-ring (bicyclic) bond motifs is 3. The minimum absolute atomic E-state index is 0.123. The fraction of sp³-hybridized carbons (Fsp3) is 0.385. The number of nitrogens with zero attached hydrogens (tertiary/aromatic N) is 1. The van der Waals surface area contributed by atoms with E-state index in [0.717, 1.165) is 5.57 Å². The van der Waals surface area contributed by atoms with E-state index < -0.39 is 23.7 Å². The number of hydrogen-bond donors (Lipinski definition) is 1. The van der Waals surface area contributed by atoms with Gasteiger partial charge in [-0.05, 0) is 50.8 Å². The van der Waals surface area contributed by atoms with Crippen LogP contribution < -0.4 is 4.74 Å². The molecule has 1 aromatic rings. The molecule has 0 aromatic heterocycles. The van der Waals surface area contributed by atoms with E-state index in [1.54, 1.807) is 26.0 Å². The van der Waals surface area contributed by atoms with Crippen LogP contribution in [0.5, 0.6) is 11.5 Å². The number of amides is 2. The molecule has 0 bridgehead atoms. The maximum Gasteiger partial charge on any atom is 0.233 e. The monoisotopic (exact) mass is 525 g/mol. The number of methoxy groups -OCH3 is 1. The third kappa shape index (κ3) is 3.07. The van der Waals surface area contributed by atoms with Crippen LogP contribution in [-0.4, -0.2) is 47.0 Å². The zero-order chi connectivity index (χ0) is 24.5. The van der Waals surface area contributed by atoms with Crippen molar-refractivity contribution in [3.63, 3.8) is 0 Å². The number of allylic oxidation sites excluding steroid dienone is 6. The van der Waals surface area contributed by atoms with Crippen molar-refractivity contribution in [3.05, 3.63) is 56.6 Å². The van der Waals surface area contributed by atoms with Gasteiger partial charge in [0, 0.05) is 39.2 Å². The molecule has 1 fully saturated rings. The summed E-state index contributed by atoms with van der Waals surface area (Å²) in [7, 11) is 1.44. The molecule has 4 atom stereocenters. The third-order valence-electron chi connectivity index (χ3n) is 7.57. The van der Waals surface area contributed by atoms with Gasteiger partial charge in [0.15, 0.2) is 23.1 Å². The second kappa shape index (κ2) is 8.05. The van der Waals surface area contributed by atoms with Gasteiger partial charge in [-0.2, -0.15) is 0 Å². The van der Waals surface area contributed by atoms with Crippen molar-refractivity contribution in [3.8, 4) is 11.5 Å². The van der Waals surface area contributed by atoms with Crippen LogP contribution in [-0.2, 0) is 19.2 Å². The zero-order valence-corrected chi connectivity index (χ0v) is 20.6. The molecule has 1 heterocycles. The van der Waals surface area contributed by atoms with Gasteiger partial charge in [0.25, 0.3) is 0 Å². The molecule has 8 heteroatoms. The quantitative estimate of drug-likeness (QED) is 0.367. The van der Waals surface area contributed by atoms with Crippen LogP contribution in [0.4, 0.5) is 0 Å². The van der Waals surface area contributed by atoms with Gasteiger partial charge in [0.2, 0.25) is 11.8 Å². The Labute approximate surface area is 205 Å². The summed E-state index contributed by atoms with van der Waals surface area (Å²) in [6.45, 7) is 3.68. The lowest BCUT2D eigenvalue weighted by molar-refractivity contribution is -0.139. The number of phenols is 1. The molecule has 7 nitrogen and oxygen atoms in total. The van der Waals surface area contributed by atoms with Crippen LogP contribution in [0.25, 0.3) is 0 Å². The SMILES string of the molecule is CCN1C(=O)[C@H]2[C@H](CC=C3[C@H](c4cc(Br)cc(OC)c4O)C4=C(C[C@H]32)C(=O)C(C)=CC4=O)C1=O. The molecule has 1 saturated heterocycles. The van der Waals surface area contributed by atoms with Gasteiger partial charge in [-0.1, -0.05) is 27.6 Å². The highest BCUT2D eigenvalue weighted by atomic mass is 79.9. The lowest BCUT2D eigenvalue weighted by atomic mass is 9.59. The Kier molecular flexibility index (Phi) is 5.39. The number of phenolic OH excluding ortho intramolecular Hbond substituents is 1. The first-order chi connectivity index (χ1) is 16.2. The summed E-state index contributed by atoms with van der Waals surface area (Å²) < 4.78 is 5.98. The average Bonchev–Trinajstić information content (AvgIpc) is 3.06. The number of aromatic hydroxyl groups is 1. The molecule has 176 valence electrons. The molecule has 5 rings (SSSR count). The van der Waals surface area contributed by atoms with Crippen molar-refractivity contribution < 1.29 is 29.0 Å². The first kappa shape index (κ1) is 22.8. The summed E-state index contributed by atoms with van der Waals surface area (Å²) in [6.07, 6.45) is 3.87. The van der Waals surface area contributed by atoms with E-state index in [0.29, 0.717) is 39.7 Å². The van der Waals surface area contributed by atoms with Crippen LogP contribution in [0.3, 0.4) is 0 Å². The normalized spacial score (nSPS) is 28.4. The van der Waals surface area contributed by atoms with Gasteiger partial charge in [-0.25, -0.2) is 0 Å². The van der Waals surface area contributed by atoms with E-state index in [1.165, 1.54) is 18.1 Å². The predicted octanol–water partition coefficient (Wildman–Crippen LogP) is 3.61. The molecule has 2 amide bonds. The summed E-state index contributed by atoms with van der Waals surface area (Å²) in [4.78, 5) is 54.0. The Bertz CT molecular complexity index is 1270. The molecular weight excluding hydrogens is 502 g/mol. The second-order valence-corrected chi connectivity index (χ2v) is 10.1. The van der Waals surface area contributed by atoms with E-state index in [4.69, 9.17) is 4.74 Å². The highest BCUT2D eigenvalue weighted by Crippen LogP contribution is 2.57. The number of rotatable bonds is 3. The van der Waals surface area contributed by atoms with Crippen LogP contribution >= 0.6 is 15.9 Å². The largest absolute Gasteiger partial charge is 0.504 e. The Hall–Kier alpha value is -3.00. The number of imide groups is 1. The predicted molar refractivity (Wildman–Crippen MR) is 126 cm³/mol. The van der Waals surface area contributed by atoms with Crippen molar-refractivity contribution in [2.45, 2.75) is 32.6 Å². The minimum atomic E-state index is -0.722. The summed E-state index contributed by atoms with van der Waals surface area (Å²) in [5, 5.41) is 11.1. The number of ether oxygens (including phenoxy) is 1. The third-order valence-corrected chi connectivity index (χ3v) is 8.03. The summed E-state index contributed by atoms with van der Waals surface area (Å²) in [6, 6.07) is 3.33. The smallest absolute Gasteiger partial charge is 0.233 e. The molecule has 3 aliphatic carbocycles. The topological polar surface area (TPSA) is 101 Å². The Morgan fingerprint density at radius 1 is 1.15 bits per heavy atom. The molecule has 1 aliphatic heterocycles. The Balaban J connectivity index is 1.75.